The van der Waals surface area contributed by atoms with Crippen molar-refractivity contribution in [2.24, 2.45) is 23.2 Å². The number of carbonyl (C=O) groups is 2. The van der Waals surface area contributed by atoms with Crippen molar-refractivity contribution in [3.63, 3.8) is 0 Å². The quantitative estimate of drug-likeness (QED) is 0.460. The van der Waals surface area contributed by atoms with E-state index in [0.29, 0.717) is 22.8 Å². The van der Waals surface area contributed by atoms with Crippen molar-refractivity contribution in [2.75, 3.05) is 20.3 Å². The lowest BCUT2D eigenvalue weighted by Crippen LogP contribution is -2.49. The molecule has 6 fully saturated rings. The molecule has 1 aromatic rings. The zero-order valence-electron chi connectivity index (χ0n) is 21.4. The molecule has 2 unspecified atom stereocenters. The van der Waals surface area contributed by atoms with E-state index in [2.05, 4.69) is 0 Å². The molecule has 1 heterocycles. The average Bonchev–Trinajstić information content (AvgIpc) is 3.59. The maximum Gasteiger partial charge on any atom is 0.419 e. The molecule has 6 nitrogen and oxygen atoms in total. The van der Waals surface area contributed by atoms with Gasteiger partial charge in [-0.1, -0.05) is 0 Å². The van der Waals surface area contributed by atoms with Gasteiger partial charge in [0.2, 0.25) is 0 Å². The summed E-state index contributed by atoms with van der Waals surface area (Å²) in [6.07, 6.45) is 3.09. The van der Waals surface area contributed by atoms with Crippen molar-refractivity contribution < 1.29 is 41.7 Å². The van der Waals surface area contributed by atoms with Gasteiger partial charge in [-0.2, -0.15) is 13.2 Å². The SMILES string of the molecule is COC1(C(F)(F)F)CC(C(=O)O)N(C(=O)c2cc(C3CC3)c(OCC34CC5CC(CC(C5)C3)C4)cc2F)C1. The topological polar surface area (TPSA) is 76.1 Å². The van der Waals surface area contributed by atoms with Gasteiger partial charge < -0.3 is 19.5 Å². The summed E-state index contributed by atoms with van der Waals surface area (Å²) in [6, 6.07) is 0.740. The Balaban J connectivity index is 1.26. The zero-order chi connectivity index (χ0) is 27.0. The molecule has 5 aliphatic carbocycles. The third kappa shape index (κ3) is 4.27. The Morgan fingerprint density at radius 3 is 2.16 bits per heavy atom. The summed E-state index contributed by atoms with van der Waals surface area (Å²) in [6.45, 7) is -0.524. The predicted molar refractivity (Wildman–Crippen MR) is 127 cm³/mol. The lowest BCUT2D eigenvalue weighted by atomic mass is 9.50. The second-order valence-corrected chi connectivity index (χ2v) is 12.5. The summed E-state index contributed by atoms with van der Waals surface area (Å²) in [5.74, 6) is -0.932. The molecule has 10 heteroatoms. The van der Waals surface area contributed by atoms with Crippen molar-refractivity contribution in [3.05, 3.63) is 29.1 Å². The van der Waals surface area contributed by atoms with E-state index in [1.165, 1.54) is 31.4 Å². The molecule has 38 heavy (non-hydrogen) atoms. The number of amides is 1. The number of carboxylic acid groups (broad SMARTS) is 1. The van der Waals surface area contributed by atoms with Gasteiger partial charge in [-0.3, -0.25) is 4.79 Å². The number of rotatable bonds is 7. The van der Waals surface area contributed by atoms with Gasteiger partial charge in [-0.15, -0.1) is 0 Å². The number of hydrogen-bond acceptors (Lipinski definition) is 4. The molecule has 208 valence electrons. The lowest BCUT2D eigenvalue weighted by Gasteiger charge is -2.56. The summed E-state index contributed by atoms with van der Waals surface area (Å²) in [5, 5.41) is 9.60. The largest absolute Gasteiger partial charge is 0.493 e. The van der Waals surface area contributed by atoms with Gasteiger partial charge in [0, 0.05) is 25.0 Å². The van der Waals surface area contributed by atoms with Crippen molar-refractivity contribution in [1.82, 2.24) is 4.90 Å². The Morgan fingerprint density at radius 2 is 1.66 bits per heavy atom. The smallest absolute Gasteiger partial charge is 0.419 e. The number of alkyl halides is 3. The fraction of sp³-hybridized carbons (Fsp3) is 0.714. The van der Waals surface area contributed by atoms with Crippen LogP contribution in [0, 0.1) is 29.0 Å². The van der Waals surface area contributed by atoms with E-state index in [1.54, 1.807) is 0 Å². The van der Waals surface area contributed by atoms with Crippen LogP contribution in [-0.2, 0) is 9.53 Å². The van der Waals surface area contributed by atoms with Crippen LogP contribution in [0.1, 0.15) is 79.6 Å². The fourth-order valence-corrected chi connectivity index (χ4v) is 8.20. The minimum absolute atomic E-state index is 0.0793. The summed E-state index contributed by atoms with van der Waals surface area (Å²) in [5.41, 5.74) is -2.50. The number of aliphatic carboxylic acids is 1. The van der Waals surface area contributed by atoms with Crippen molar-refractivity contribution in [1.29, 1.82) is 0 Å². The maximum absolute atomic E-state index is 15.4. The number of hydrogen-bond donors (Lipinski definition) is 1. The van der Waals surface area contributed by atoms with E-state index in [4.69, 9.17) is 9.47 Å². The molecule has 0 aromatic heterocycles. The number of ether oxygens (including phenoxy) is 2. The van der Waals surface area contributed by atoms with Gasteiger partial charge in [0.15, 0.2) is 5.60 Å². The molecule has 6 aliphatic rings. The van der Waals surface area contributed by atoms with Crippen LogP contribution in [0.25, 0.3) is 0 Å². The molecule has 5 saturated carbocycles. The molecule has 1 amide bonds. The molecule has 4 bridgehead atoms. The van der Waals surface area contributed by atoms with Gasteiger partial charge in [-0.05, 0) is 86.7 Å². The first kappa shape index (κ1) is 25.9. The minimum atomic E-state index is -4.91. The summed E-state index contributed by atoms with van der Waals surface area (Å²) < 4.78 is 67.8. The van der Waals surface area contributed by atoms with Gasteiger partial charge >= 0.3 is 12.1 Å². The lowest BCUT2D eigenvalue weighted by molar-refractivity contribution is -0.263. The average molecular weight is 540 g/mol. The molecule has 1 saturated heterocycles. The maximum atomic E-state index is 15.4. The number of carboxylic acids is 1. The highest BCUT2D eigenvalue weighted by atomic mass is 19.4. The minimum Gasteiger partial charge on any atom is -0.493 e. The van der Waals surface area contributed by atoms with Crippen LogP contribution in [0.2, 0.25) is 0 Å². The van der Waals surface area contributed by atoms with Crippen molar-refractivity contribution in [3.8, 4) is 5.75 Å². The highest BCUT2D eigenvalue weighted by molar-refractivity contribution is 5.98. The van der Waals surface area contributed by atoms with Crippen LogP contribution in [0.5, 0.6) is 5.75 Å². The summed E-state index contributed by atoms with van der Waals surface area (Å²) in [7, 11) is 0.835. The monoisotopic (exact) mass is 539 g/mol. The number of likely N-dealkylation sites (tertiary alicyclic amines) is 1. The summed E-state index contributed by atoms with van der Waals surface area (Å²) in [4.78, 5) is 25.8. The molecular formula is C28H33F4NO5. The number of methoxy groups -OCH3 is 1. The number of nitrogens with zero attached hydrogens (tertiary/aromatic N) is 1. The van der Waals surface area contributed by atoms with Gasteiger partial charge in [0.1, 0.15) is 17.6 Å². The van der Waals surface area contributed by atoms with E-state index >= 15 is 4.39 Å². The molecule has 0 spiro atoms. The first-order chi connectivity index (χ1) is 17.9. The number of benzene rings is 1. The van der Waals surface area contributed by atoms with Crippen LogP contribution >= 0.6 is 0 Å². The van der Waals surface area contributed by atoms with Crippen LogP contribution in [-0.4, -0.2) is 60.0 Å². The summed E-state index contributed by atoms with van der Waals surface area (Å²) >= 11 is 0. The van der Waals surface area contributed by atoms with E-state index in [1.807, 2.05) is 0 Å². The molecule has 2 atom stereocenters. The van der Waals surface area contributed by atoms with E-state index in [9.17, 15) is 27.9 Å². The Morgan fingerprint density at radius 1 is 1.05 bits per heavy atom. The van der Waals surface area contributed by atoms with E-state index in [0.717, 1.165) is 57.0 Å². The van der Waals surface area contributed by atoms with E-state index < -0.39 is 54.0 Å². The Kier molecular flexibility index (Phi) is 6.01. The second-order valence-electron chi connectivity index (χ2n) is 12.5. The molecular weight excluding hydrogens is 506 g/mol. The van der Waals surface area contributed by atoms with Gasteiger partial charge in [-0.25, -0.2) is 9.18 Å². The van der Waals surface area contributed by atoms with Gasteiger partial charge in [0.25, 0.3) is 5.91 Å². The molecule has 1 N–H and O–H groups in total. The third-order valence-corrected chi connectivity index (χ3v) is 9.82. The normalized spacial score (nSPS) is 36.1. The second kappa shape index (κ2) is 8.83. The highest BCUT2D eigenvalue weighted by Crippen LogP contribution is 2.60. The van der Waals surface area contributed by atoms with Crippen LogP contribution < -0.4 is 4.74 Å². The zero-order valence-corrected chi connectivity index (χ0v) is 21.4. The highest BCUT2D eigenvalue weighted by Gasteiger charge is 2.64. The van der Waals surface area contributed by atoms with Crippen LogP contribution in [0.4, 0.5) is 17.6 Å². The molecule has 7 rings (SSSR count). The fourth-order valence-electron chi connectivity index (χ4n) is 8.20. The number of halogens is 4. The predicted octanol–water partition coefficient (Wildman–Crippen LogP) is 5.54. The number of carbonyl (C=O) groups excluding carboxylic acids is 1. The standard InChI is InChI=1S/C28H33F4NO5/c1-37-27(28(30,31)32)12-22(25(35)36)33(13-27)24(34)20-7-19(18-2-3-18)23(8-21(20)29)38-14-26-9-15-4-16(10-26)6-17(5-15)11-26/h7-8,15-18,22H,2-6,9-14H2,1H3,(H,35,36). The first-order valence-corrected chi connectivity index (χ1v) is 13.5. The van der Waals surface area contributed by atoms with Gasteiger partial charge in [0.05, 0.1) is 18.7 Å². The Bertz CT molecular complexity index is 1110. The van der Waals surface area contributed by atoms with Crippen molar-refractivity contribution >= 4 is 11.9 Å². The van der Waals surface area contributed by atoms with Crippen molar-refractivity contribution in [2.45, 2.75) is 81.5 Å². The van der Waals surface area contributed by atoms with Crippen LogP contribution in [0.15, 0.2) is 12.1 Å². The molecule has 0 radical (unpaired) electrons. The Hall–Kier alpha value is -2.36. The first-order valence-electron chi connectivity index (χ1n) is 13.5. The molecule has 1 aliphatic heterocycles. The van der Waals surface area contributed by atoms with Crippen LogP contribution in [0.3, 0.4) is 0 Å². The van der Waals surface area contributed by atoms with E-state index in [-0.39, 0.29) is 11.3 Å². The third-order valence-electron chi connectivity index (χ3n) is 9.82. The Labute approximate surface area is 218 Å². The molecule has 1 aromatic carbocycles.